The van der Waals surface area contributed by atoms with Gasteiger partial charge in [0.05, 0.1) is 0 Å². The summed E-state index contributed by atoms with van der Waals surface area (Å²) in [6, 6.07) is 3.02. The second-order valence-electron chi connectivity index (χ2n) is 6.22. The van der Waals surface area contributed by atoms with E-state index < -0.39 is 0 Å². The van der Waals surface area contributed by atoms with Crippen molar-refractivity contribution in [2.45, 2.75) is 64.5 Å². The minimum atomic E-state index is 0.783. The van der Waals surface area contributed by atoms with Gasteiger partial charge in [0.15, 0.2) is 0 Å². The van der Waals surface area contributed by atoms with E-state index in [2.05, 4.69) is 23.7 Å². The van der Waals surface area contributed by atoms with Crippen LogP contribution < -0.4 is 5.32 Å². The molecule has 0 aromatic carbocycles. The zero-order valence-corrected chi connectivity index (χ0v) is 12.3. The van der Waals surface area contributed by atoms with Crippen LogP contribution in [-0.4, -0.2) is 6.04 Å². The average Bonchev–Trinajstić information content (AvgIpc) is 2.82. The molecule has 0 amide bonds. The third-order valence-corrected chi connectivity index (χ3v) is 6.08. The number of hydrogen-bond donors (Lipinski definition) is 1. The van der Waals surface area contributed by atoms with E-state index in [0.717, 1.165) is 24.4 Å². The smallest absolute Gasteiger partial charge is 0.0304 e. The lowest BCUT2D eigenvalue weighted by Gasteiger charge is -2.39. The van der Waals surface area contributed by atoms with Gasteiger partial charge >= 0.3 is 0 Å². The van der Waals surface area contributed by atoms with E-state index >= 15 is 0 Å². The van der Waals surface area contributed by atoms with Crippen LogP contribution in [0.1, 0.15) is 55.4 Å². The summed E-state index contributed by atoms with van der Waals surface area (Å²) in [5, 5.41) is 6.02. The van der Waals surface area contributed by atoms with E-state index in [1.54, 1.807) is 0 Å². The third kappa shape index (κ3) is 2.80. The van der Waals surface area contributed by atoms with E-state index in [1.165, 1.54) is 55.4 Å². The fourth-order valence-corrected chi connectivity index (χ4v) is 4.74. The molecule has 1 aromatic rings. The monoisotopic (exact) mass is 263 g/mol. The highest BCUT2D eigenvalue weighted by atomic mass is 32.1. The maximum Gasteiger partial charge on any atom is 0.0304 e. The van der Waals surface area contributed by atoms with Gasteiger partial charge < -0.3 is 5.32 Å². The van der Waals surface area contributed by atoms with Gasteiger partial charge in [-0.3, -0.25) is 0 Å². The predicted molar refractivity (Wildman–Crippen MR) is 79.0 cm³/mol. The van der Waals surface area contributed by atoms with E-state index in [0.29, 0.717) is 0 Å². The van der Waals surface area contributed by atoms with Gasteiger partial charge in [-0.2, -0.15) is 0 Å². The maximum absolute atomic E-state index is 3.81. The molecule has 0 saturated heterocycles. The Morgan fingerprint density at radius 2 is 2.00 bits per heavy atom. The minimum absolute atomic E-state index is 0.783. The topological polar surface area (TPSA) is 12.0 Å². The van der Waals surface area contributed by atoms with Crippen LogP contribution in [0.15, 0.2) is 11.4 Å². The molecule has 2 aliphatic carbocycles. The summed E-state index contributed by atoms with van der Waals surface area (Å²) < 4.78 is 0. The van der Waals surface area contributed by atoms with Crippen LogP contribution in [0.4, 0.5) is 0 Å². The van der Waals surface area contributed by atoms with Gasteiger partial charge in [0.2, 0.25) is 0 Å². The number of hydrogen-bond acceptors (Lipinski definition) is 2. The lowest BCUT2D eigenvalue weighted by molar-refractivity contribution is 0.143. The molecule has 1 N–H and O–H groups in total. The molecule has 2 aliphatic rings. The lowest BCUT2D eigenvalue weighted by atomic mass is 9.69. The number of nitrogens with one attached hydrogen (secondary N) is 1. The Morgan fingerprint density at radius 3 is 2.78 bits per heavy atom. The molecule has 3 rings (SSSR count). The van der Waals surface area contributed by atoms with Crippen LogP contribution in [0.5, 0.6) is 0 Å². The van der Waals surface area contributed by atoms with Crippen molar-refractivity contribution in [3.63, 3.8) is 0 Å². The molecule has 3 atom stereocenters. The molecule has 0 aliphatic heterocycles. The van der Waals surface area contributed by atoms with Gasteiger partial charge in [-0.05, 0) is 55.0 Å². The summed E-state index contributed by atoms with van der Waals surface area (Å²) in [4.78, 5) is 1.53. The Kier molecular flexibility index (Phi) is 4.05. The van der Waals surface area contributed by atoms with Crippen molar-refractivity contribution in [1.82, 2.24) is 5.32 Å². The van der Waals surface area contributed by atoms with Crippen molar-refractivity contribution in [2.24, 2.45) is 11.8 Å². The van der Waals surface area contributed by atoms with Gasteiger partial charge in [-0.1, -0.05) is 25.7 Å². The molecule has 1 heterocycles. The first-order chi connectivity index (χ1) is 8.83. The molecule has 0 radical (unpaired) electrons. The van der Waals surface area contributed by atoms with Crippen molar-refractivity contribution in [1.29, 1.82) is 0 Å². The van der Waals surface area contributed by atoms with Gasteiger partial charge in [0.25, 0.3) is 0 Å². The van der Waals surface area contributed by atoms with Gasteiger partial charge in [-0.15, -0.1) is 11.3 Å². The number of fused-ring (bicyclic) bond motifs is 1. The Balaban J connectivity index is 1.50. The summed E-state index contributed by atoms with van der Waals surface area (Å²) in [7, 11) is 0. The molecule has 100 valence electrons. The second kappa shape index (κ2) is 5.75. The van der Waals surface area contributed by atoms with E-state index in [4.69, 9.17) is 0 Å². The highest BCUT2D eigenvalue weighted by molar-refractivity contribution is 7.10. The first-order valence-electron chi connectivity index (χ1n) is 7.59. The standard InChI is InChI=1S/C16H25NS/c1-12-8-9-18-16(12)11-17-15-7-6-13-4-2-3-5-14(13)10-15/h8-9,13-15,17H,2-7,10-11H2,1H3. The molecule has 2 fully saturated rings. The highest BCUT2D eigenvalue weighted by Gasteiger charge is 2.31. The quantitative estimate of drug-likeness (QED) is 0.846. The zero-order valence-electron chi connectivity index (χ0n) is 11.5. The van der Waals surface area contributed by atoms with E-state index in [9.17, 15) is 0 Å². The summed E-state index contributed by atoms with van der Waals surface area (Å²) in [6.45, 7) is 3.32. The van der Waals surface area contributed by atoms with Crippen molar-refractivity contribution >= 4 is 11.3 Å². The molecule has 2 saturated carbocycles. The third-order valence-electron chi connectivity index (χ3n) is 5.06. The first-order valence-corrected chi connectivity index (χ1v) is 8.47. The first kappa shape index (κ1) is 12.7. The fraction of sp³-hybridized carbons (Fsp3) is 0.750. The SMILES string of the molecule is Cc1ccsc1CNC1CCC2CCCCC2C1. The summed E-state index contributed by atoms with van der Waals surface area (Å²) >= 11 is 1.90. The number of aryl methyl sites for hydroxylation is 1. The summed E-state index contributed by atoms with van der Waals surface area (Å²) in [5.74, 6) is 2.11. The Morgan fingerprint density at radius 1 is 1.17 bits per heavy atom. The molecule has 18 heavy (non-hydrogen) atoms. The van der Waals surface area contributed by atoms with E-state index in [-0.39, 0.29) is 0 Å². The number of thiophene rings is 1. The van der Waals surface area contributed by atoms with Crippen LogP contribution in [0.2, 0.25) is 0 Å². The van der Waals surface area contributed by atoms with Gasteiger partial charge in [0.1, 0.15) is 0 Å². The minimum Gasteiger partial charge on any atom is -0.309 e. The molecular formula is C16H25NS. The molecular weight excluding hydrogens is 238 g/mol. The molecule has 3 unspecified atom stereocenters. The summed E-state index contributed by atoms with van der Waals surface area (Å²) in [6.07, 6.45) is 10.3. The van der Waals surface area contributed by atoms with Gasteiger partial charge in [0, 0.05) is 17.5 Å². The lowest BCUT2D eigenvalue weighted by Crippen LogP contribution is -2.38. The average molecular weight is 263 g/mol. The summed E-state index contributed by atoms with van der Waals surface area (Å²) in [5.41, 5.74) is 1.46. The number of rotatable bonds is 3. The van der Waals surface area contributed by atoms with Crippen molar-refractivity contribution in [3.05, 3.63) is 21.9 Å². The van der Waals surface area contributed by atoms with Crippen LogP contribution in [-0.2, 0) is 6.54 Å². The Hall–Kier alpha value is -0.340. The Labute approximate surface area is 115 Å². The largest absolute Gasteiger partial charge is 0.309 e. The second-order valence-corrected chi connectivity index (χ2v) is 7.22. The predicted octanol–water partition coefficient (Wildman–Crippen LogP) is 4.51. The van der Waals surface area contributed by atoms with Crippen LogP contribution >= 0.6 is 11.3 Å². The zero-order chi connectivity index (χ0) is 12.4. The van der Waals surface area contributed by atoms with Crippen molar-refractivity contribution < 1.29 is 0 Å². The van der Waals surface area contributed by atoms with Gasteiger partial charge in [-0.25, -0.2) is 0 Å². The van der Waals surface area contributed by atoms with Crippen molar-refractivity contribution in [2.75, 3.05) is 0 Å². The molecule has 1 nitrogen and oxygen atoms in total. The highest BCUT2D eigenvalue weighted by Crippen LogP contribution is 2.40. The van der Waals surface area contributed by atoms with E-state index in [1.807, 2.05) is 11.3 Å². The maximum atomic E-state index is 3.81. The van der Waals surface area contributed by atoms with Crippen LogP contribution in [0.3, 0.4) is 0 Å². The normalized spacial score (nSPS) is 32.2. The molecule has 0 bridgehead atoms. The molecule has 2 heteroatoms. The molecule has 0 spiro atoms. The molecule has 1 aromatic heterocycles. The fourth-order valence-electron chi connectivity index (χ4n) is 3.88. The van der Waals surface area contributed by atoms with Crippen LogP contribution in [0, 0.1) is 18.8 Å². The van der Waals surface area contributed by atoms with Crippen LogP contribution in [0.25, 0.3) is 0 Å². The Bertz CT molecular complexity index is 384. The van der Waals surface area contributed by atoms with Crippen molar-refractivity contribution in [3.8, 4) is 0 Å².